The molecule has 0 aliphatic rings. The summed E-state index contributed by atoms with van der Waals surface area (Å²) in [6.07, 6.45) is 0. The summed E-state index contributed by atoms with van der Waals surface area (Å²) in [6, 6.07) is 5.24. The molecule has 0 heterocycles. The zero-order chi connectivity index (χ0) is 8.27. The third-order valence-corrected chi connectivity index (χ3v) is 2.30. The van der Waals surface area contributed by atoms with Gasteiger partial charge in [0.2, 0.25) is 0 Å². The van der Waals surface area contributed by atoms with Crippen molar-refractivity contribution in [3.05, 3.63) is 34.3 Å². The Balaban J connectivity index is 3.06. The van der Waals surface area contributed by atoms with Crippen LogP contribution in [0.15, 0.2) is 18.2 Å². The largest absolute Gasteiger partial charge is 0.246 e. The van der Waals surface area contributed by atoms with Gasteiger partial charge in [-0.05, 0) is 23.3 Å². The van der Waals surface area contributed by atoms with Crippen LogP contribution in [0, 0.1) is 0 Å². The van der Waals surface area contributed by atoms with Crippen LogP contribution in [0.25, 0.3) is 0 Å². The second kappa shape index (κ2) is 4.07. The van der Waals surface area contributed by atoms with E-state index in [2.05, 4.69) is 15.9 Å². The van der Waals surface area contributed by atoms with Crippen LogP contribution < -0.4 is 0 Å². The summed E-state index contributed by atoms with van der Waals surface area (Å²) in [7, 11) is 0. The minimum atomic E-state index is -0.457. The summed E-state index contributed by atoms with van der Waals surface area (Å²) >= 11 is 8.93. The van der Waals surface area contributed by atoms with Crippen molar-refractivity contribution in [2.45, 2.75) is 12.0 Å². The number of benzene rings is 1. The van der Waals surface area contributed by atoms with Gasteiger partial charge in [0.1, 0.15) is 6.67 Å². The SMILES string of the molecule is FCc1cc(Cl)ccc1CBr. The van der Waals surface area contributed by atoms with Crippen molar-refractivity contribution in [1.82, 2.24) is 0 Å². The predicted molar refractivity (Wildman–Crippen MR) is 48.9 cm³/mol. The molecule has 0 unspecified atom stereocenters. The fourth-order valence-electron chi connectivity index (χ4n) is 0.849. The van der Waals surface area contributed by atoms with Crippen LogP contribution in [-0.4, -0.2) is 0 Å². The van der Waals surface area contributed by atoms with Crippen LogP contribution in [0.3, 0.4) is 0 Å². The highest BCUT2D eigenvalue weighted by Gasteiger charge is 2.00. The first-order chi connectivity index (χ1) is 5.27. The molecule has 0 atom stereocenters. The molecule has 0 saturated heterocycles. The molecule has 0 amide bonds. The van der Waals surface area contributed by atoms with Crippen molar-refractivity contribution >= 4 is 27.5 Å². The second-order valence-corrected chi connectivity index (χ2v) is 3.18. The van der Waals surface area contributed by atoms with E-state index >= 15 is 0 Å². The predicted octanol–water partition coefficient (Wildman–Crippen LogP) is 3.70. The number of alkyl halides is 2. The molecule has 0 aromatic heterocycles. The van der Waals surface area contributed by atoms with E-state index in [1.807, 2.05) is 6.07 Å². The molecule has 11 heavy (non-hydrogen) atoms. The van der Waals surface area contributed by atoms with Gasteiger partial charge in [-0.2, -0.15) is 0 Å². The Hall–Kier alpha value is -0.0800. The highest BCUT2D eigenvalue weighted by Crippen LogP contribution is 2.18. The van der Waals surface area contributed by atoms with E-state index in [4.69, 9.17) is 11.6 Å². The molecule has 0 nitrogen and oxygen atoms in total. The van der Waals surface area contributed by atoms with Gasteiger partial charge in [0.25, 0.3) is 0 Å². The Morgan fingerprint density at radius 1 is 1.36 bits per heavy atom. The van der Waals surface area contributed by atoms with E-state index in [1.165, 1.54) is 0 Å². The molecule has 0 bridgehead atoms. The third-order valence-electron chi connectivity index (χ3n) is 1.46. The minimum absolute atomic E-state index is 0.457. The fraction of sp³-hybridized carbons (Fsp3) is 0.250. The van der Waals surface area contributed by atoms with Crippen molar-refractivity contribution in [3.8, 4) is 0 Å². The lowest BCUT2D eigenvalue weighted by atomic mass is 10.1. The summed E-state index contributed by atoms with van der Waals surface area (Å²) in [5, 5.41) is 1.26. The molecule has 0 aliphatic carbocycles. The Labute approximate surface area is 78.5 Å². The molecule has 0 aliphatic heterocycles. The Kier molecular flexibility index (Phi) is 3.34. The topological polar surface area (TPSA) is 0 Å². The van der Waals surface area contributed by atoms with Gasteiger partial charge in [0.15, 0.2) is 0 Å². The van der Waals surface area contributed by atoms with E-state index in [0.29, 0.717) is 15.9 Å². The van der Waals surface area contributed by atoms with E-state index in [-0.39, 0.29) is 0 Å². The molecule has 1 rings (SSSR count). The Bertz CT molecular complexity index is 250. The van der Waals surface area contributed by atoms with Gasteiger partial charge in [-0.3, -0.25) is 0 Å². The smallest absolute Gasteiger partial charge is 0.115 e. The Morgan fingerprint density at radius 3 is 2.64 bits per heavy atom. The number of halogens is 3. The maximum absolute atomic E-state index is 12.3. The molecule has 60 valence electrons. The average molecular weight is 237 g/mol. The first-order valence-corrected chi connectivity index (χ1v) is 4.67. The zero-order valence-electron chi connectivity index (χ0n) is 5.78. The maximum atomic E-state index is 12.3. The van der Waals surface area contributed by atoms with E-state index < -0.39 is 6.67 Å². The van der Waals surface area contributed by atoms with Crippen LogP contribution in [0.2, 0.25) is 5.02 Å². The maximum Gasteiger partial charge on any atom is 0.115 e. The molecule has 0 radical (unpaired) electrons. The number of rotatable bonds is 2. The van der Waals surface area contributed by atoms with Crippen LogP contribution >= 0.6 is 27.5 Å². The van der Waals surface area contributed by atoms with Crippen LogP contribution in [0.5, 0.6) is 0 Å². The fourth-order valence-corrected chi connectivity index (χ4v) is 1.59. The first-order valence-electron chi connectivity index (χ1n) is 3.17. The molecule has 1 aromatic carbocycles. The lowest BCUT2D eigenvalue weighted by Crippen LogP contribution is -1.87. The first kappa shape index (κ1) is 9.01. The van der Waals surface area contributed by atoms with Crippen molar-refractivity contribution in [2.75, 3.05) is 0 Å². The van der Waals surface area contributed by atoms with E-state index in [1.54, 1.807) is 12.1 Å². The molecular formula is C8H7BrClF. The minimum Gasteiger partial charge on any atom is -0.246 e. The molecule has 3 heteroatoms. The second-order valence-electron chi connectivity index (χ2n) is 2.18. The number of hydrogen-bond acceptors (Lipinski definition) is 0. The molecule has 0 fully saturated rings. The van der Waals surface area contributed by atoms with Gasteiger partial charge in [-0.1, -0.05) is 33.6 Å². The molecule has 1 aromatic rings. The monoisotopic (exact) mass is 236 g/mol. The highest BCUT2D eigenvalue weighted by molar-refractivity contribution is 9.08. The van der Waals surface area contributed by atoms with Crippen molar-refractivity contribution in [1.29, 1.82) is 0 Å². The van der Waals surface area contributed by atoms with E-state index in [9.17, 15) is 4.39 Å². The summed E-state index contributed by atoms with van der Waals surface area (Å²) < 4.78 is 12.3. The van der Waals surface area contributed by atoms with Crippen LogP contribution in [0.4, 0.5) is 4.39 Å². The van der Waals surface area contributed by atoms with Gasteiger partial charge < -0.3 is 0 Å². The van der Waals surface area contributed by atoms with Gasteiger partial charge in [-0.25, -0.2) is 4.39 Å². The normalized spacial score (nSPS) is 10.1. The Morgan fingerprint density at radius 2 is 2.09 bits per heavy atom. The summed E-state index contributed by atoms with van der Waals surface area (Å²) in [5.41, 5.74) is 1.62. The van der Waals surface area contributed by atoms with Crippen molar-refractivity contribution in [3.63, 3.8) is 0 Å². The summed E-state index contributed by atoms with van der Waals surface area (Å²) in [4.78, 5) is 0. The molecular weight excluding hydrogens is 230 g/mol. The lowest BCUT2D eigenvalue weighted by Gasteiger charge is -2.02. The lowest BCUT2D eigenvalue weighted by molar-refractivity contribution is 0.483. The number of hydrogen-bond donors (Lipinski definition) is 0. The molecule has 0 saturated carbocycles. The van der Waals surface area contributed by atoms with Gasteiger partial charge >= 0.3 is 0 Å². The van der Waals surface area contributed by atoms with Crippen molar-refractivity contribution < 1.29 is 4.39 Å². The van der Waals surface area contributed by atoms with Crippen molar-refractivity contribution in [2.24, 2.45) is 0 Å². The van der Waals surface area contributed by atoms with Gasteiger partial charge in [0.05, 0.1) is 0 Å². The standard InChI is InChI=1S/C8H7BrClF/c9-4-6-1-2-8(10)3-7(6)5-11/h1-3H,4-5H2. The van der Waals surface area contributed by atoms with Crippen LogP contribution in [0.1, 0.15) is 11.1 Å². The van der Waals surface area contributed by atoms with Crippen LogP contribution in [-0.2, 0) is 12.0 Å². The average Bonchev–Trinajstić information content (AvgIpc) is 2.04. The quantitative estimate of drug-likeness (QED) is 0.688. The zero-order valence-corrected chi connectivity index (χ0v) is 8.12. The van der Waals surface area contributed by atoms with Gasteiger partial charge in [-0.15, -0.1) is 0 Å². The van der Waals surface area contributed by atoms with E-state index in [0.717, 1.165) is 5.56 Å². The molecule has 0 spiro atoms. The summed E-state index contributed by atoms with van der Waals surface area (Å²) in [6.45, 7) is -0.457. The highest BCUT2D eigenvalue weighted by atomic mass is 79.9. The molecule has 0 N–H and O–H groups in total. The summed E-state index contributed by atoms with van der Waals surface area (Å²) in [5.74, 6) is 0. The third kappa shape index (κ3) is 2.17. The van der Waals surface area contributed by atoms with Gasteiger partial charge in [0, 0.05) is 10.4 Å².